The van der Waals surface area contributed by atoms with E-state index in [-0.39, 0.29) is 5.82 Å². The largest absolute Gasteiger partial charge is 0.493 e. The third kappa shape index (κ3) is 4.05. The van der Waals surface area contributed by atoms with Gasteiger partial charge >= 0.3 is 0 Å². The molecule has 0 unspecified atom stereocenters. The van der Waals surface area contributed by atoms with Crippen molar-refractivity contribution in [3.63, 3.8) is 0 Å². The first-order valence-electron chi connectivity index (χ1n) is 7.47. The van der Waals surface area contributed by atoms with E-state index in [2.05, 4.69) is 12.2 Å². The highest BCUT2D eigenvalue weighted by atomic mass is 19.1. The van der Waals surface area contributed by atoms with Gasteiger partial charge in [0.15, 0.2) is 0 Å². The molecule has 112 valence electrons. The summed E-state index contributed by atoms with van der Waals surface area (Å²) in [5.41, 5.74) is 2.67. The first-order chi connectivity index (χ1) is 10.3. The lowest BCUT2D eigenvalue weighted by atomic mass is 10.0. The Morgan fingerprint density at radius 1 is 1.10 bits per heavy atom. The molecule has 0 saturated carbocycles. The van der Waals surface area contributed by atoms with Crippen LogP contribution in [0.1, 0.15) is 25.8 Å². The number of nitrogens with one attached hydrogen (secondary N) is 1. The zero-order valence-electron chi connectivity index (χ0n) is 12.7. The zero-order valence-corrected chi connectivity index (χ0v) is 12.7. The molecular weight excluding hydrogens is 265 g/mol. The molecule has 21 heavy (non-hydrogen) atoms. The van der Waals surface area contributed by atoms with Crippen LogP contribution in [0.4, 0.5) is 4.39 Å². The van der Waals surface area contributed by atoms with Crippen molar-refractivity contribution >= 4 is 0 Å². The number of hydrogen-bond donors (Lipinski definition) is 1. The number of para-hydroxylation sites is 1. The molecule has 2 rings (SSSR count). The minimum absolute atomic E-state index is 0.174. The highest BCUT2D eigenvalue weighted by Gasteiger charge is 2.09. The predicted molar refractivity (Wildman–Crippen MR) is 85.0 cm³/mol. The van der Waals surface area contributed by atoms with E-state index in [1.54, 1.807) is 6.07 Å². The van der Waals surface area contributed by atoms with Crippen molar-refractivity contribution in [1.82, 2.24) is 5.32 Å². The predicted octanol–water partition coefficient (Wildman–Crippen LogP) is 4.39. The van der Waals surface area contributed by atoms with Crippen LogP contribution in [0, 0.1) is 5.82 Å². The van der Waals surface area contributed by atoms with Crippen LogP contribution in [0.2, 0.25) is 0 Å². The summed E-state index contributed by atoms with van der Waals surface area (Å²) in [5.74, 6) is 0.673. The Hall–Kier alpha value is -1.87. The van der Waals surface area contributed by atoms with Crippen LogP contribution in [-0.4, -0.2) is 13.2 Å². The van der Waals surface area contributed by atoms with Gasteiger partial charge in [-0.05, 0) is 36.7 Å². The van der Waals surface area contributed by atoms with E-state index in [0.717, 1.165) is 29.8 Å². The molecule has 2 aromatic rings. The fourth-order valence-corrected chi connectivity index (χ4v) is 2.18. The second-order valence-electron chi connectivity index (χ2n) is 4.93. The molecule has 0 atom stereocenters. The molecule has 0 saturated heterocycles. The summed E-state index contributed by atoms with van der Waals surface area (Å²) in [6, 6.07) is 13.1. The van der Waals surface area contributed by atoms with Crippen LogP contribution in [0.25, 0.3) is 11.1 Å². The van der Waals surface area contributed by atoms with Crippen molar-refractivity contribution < 1.29 is 9.13 Å². The number of benzene rings is 2. The van der Waals surface area contributed by atoms with Gasteiger partial charge in [0.1, 0.15) is 11.6 Å². The lowest BCUT2D eigenvalue weighted by Gasteiger charge is -2.12. The number of halogens is 1. The fourth-order valence-electron chi connectivity index (χ4n) is 2.18. The van der Waals surface area contributed by atoms with Gasteiger partial charge in [-0.1, -0.05) is 38.1 Å². The van der Waals surface area contributed by atoms with Crippen LogP contribution in [0.5, 0.6) is 5.75 Å². The third-order valence-corrected chi connectivity index (χ3v) is 3.27. The average Bonchev–Trinajstić information content (AvgIpc) is 2.52. The van der Waals surface area contributed by atoms with Crippen molar-refractivity contribution in [2.45, 2.75) is 26.8 Å². The monoisotopic (exact) mass is 287 g/mol. The fraction of sp³-hybridized carbons (Fsp3) is 0.333. The Kier molecular flexibility index (Phi) is 5.76. The molecule has 0 radical (unpaired) electrons. The first kappa shape index (κ1) is 15.5. The van der Waals surface area contributed by atoms with Crippen molar-refractivity contribution in [3.05, 3.63) is 53.8 Å². The second kappa shape index (κ2) is 7.79. The van der Waals surface area contributed by atoms with Gasteiger partial charge in [0.25, 0.3) is 0 Å². The molecule has 0 aliphatic rings. The molecular formula is C18H22FNO. The van der Waals surface area contributed by atoms with E-state index in [4.69, 9.17) is 4.74 Å². The van der Waals surface area contributed by atoms with E-state index >= 15 is 0 Å². The van der Waals surface area contributed by atoms with E-state index in [1.165, 1.54) is 6.07 Å². The Labute approximate surface area is 126 Å². The van der Waals surface area contributed by atoms with Gasteiger partial charge in [-0.25, -0.2) is 4.39 Å². The molecule has 0 aliphatic carbocycles. The first-order valence-corrected chi connectivity index (χ1v) is 7.47. The van der Waals surface area contributed by atoms with Crippen molar-refractivity contribution in [1.29, 1.82) is 0 Å². The Morgan fingerprint density at radius 2 is 1.90 bits per heavy atom. The highest BCUT2D eigenvalue weighted by Crippen LogP contribution is 2.31. The van der Waals surface area contributed by atoms with Gasteiger partial charge in [0.2, 0.25) is 0 Å². The molecule has 3 heteroatoms. The van der Waals surface area contributed by atoms with Gasteiger partial charge in [-0.15, -0.1) is 0 Å². The smallest absolute Gasteiger partial charge is 0.127 e. The number of hydrogen-bond acceptors (Lipinski definition) is 2. The molecule has 0 bridgehead atoms. The summed E-state index contributed by atoms with van der Waals surface area (Å²) in [4.78, 5) is 0. The van der Waals surface area contributed by atoms with Crippen LogP contribution in [-0.2, 0) is 6.54 Å². The maximum atomic E-state index is 13.8. The molecule has 0 heterocycles. The number of ether oxygens (including phenoxy) is 1. The lowest BCUT2D eigenvalue weighted by molar-refractivity contribution is 0.318. The molecule has 0 fully saturated rings. The van der Waals surface area contributed by atoms with E-state index in [1.807, 2.05) is 37.3 Å². The molecule has 0 aromatic heterocycles. The molecule has 2 aromatic carbocycles. The Bertz CT molecular complexity index is 583. The summed E-state index contributed by atoms with van der Waals surface area (Å²) in [5, 5.41) is 3.16. The van der Waals surface area contributed by atoms with Gasteiger partial charge in [-0.2, -0.15) is 0 Å². The van der Waals surface area contributed by atoms with Crippen LogP contribution >= 0.6 is 0 Å². The van der Waals surface area contributed by atoms with Crippen molar-refractivity contribution in [2.75, 3.05) is 13.2 Å². The molecule has 2 nitrogen and oxygen atoms in total. The second-order valence-corrected chi connectivity index (χ2v) is 4.93. The normalized spacial score (nSPS) is 10.6. The average molecular weight is 287 g/mol. The van der Waals surface area contributed by atoms with Gasteiger partial charge in [-0.3, -0.25) is 0 Å². The van der Waals surface area contributed by atoms with E-state index in [0.29, 0.717) is 18.7 Å². The maximum Gasteiger partial charge on any atom is 0.127 e. The molecule has 1 N–H and O–H groups in total. The third-order valence-electron chi connectivity index (χ3n) is 3.27. The van der Waals surface area contributed by atoms with E-state index in [9.17, 15) is 4.39 Å². The summed E-state index contributed by atoms with van der Waals surface area (Å²) >= 11 is 0. The van der Waals surface area contributed by atoms with Gasteiger partial charge in [0.05, 0.1) is 6.61 Å². The van der Waals surface area contributed by atoms with Crippen LogP contribution < -0.4 is 10.1 Å². The minimum atomic E-state index is -0.174. The van der Waals surface area contributed by atoms with Crippen molar-refractivity contribution in [2.24, 2.45) is 0 Å². The number of rotatable bonds is 7. The van der Waals surface area contributed by atoms with Crippen LogP contribution in [0.3, 0.4) is 0 Å². The summed E-state index contributed by atoms with van der Waals surface area (Å²) in [6.07, 6.45) is 0.962. The quantitative estimate of drug-likeness (QED) is 0.815. The Balaban J connectivity index is 2.33. The van der Waals surface area contributed by atoms with Crippen molar-refractivity contribution in [3.8, 4) is 16.9 Å². The van der Waals surface area contributed by atoms with Gasteiger partial charge in [0, 0.05) is 17.7 Å². The van der Waals surface area contributed by atoms with Gasteiger partial charge < -0.3 is 10.1 Å². The topological polar surface area (TPSA) is 21.3 Å². The van der Waals surface area contributed by atoms with Crippen LogP contribution in [0.15, 0.2) is 42.5 Å². The lowest BCUT2D eigenvalue weighted by Crippen LogP contribution is -2.13. The molecule has 0 aliphatic heterocycles. The Morgan fingerprint density at radius 3 is 2.67 bits per heavy atom. The standard InChI is InChI=1S/C18H22FNO/c1-3-11-21-18-8-6-5-7-16(18)14-9-10-17(19)15(12-14)13-20-4-2/h5-10,12,20H,3-4,11,13H2,1-2H3. The summed E-state index contributed by atoms with van der Waals surface area (Å²) in [6.45, 7) is 6.13. The highest BCUT2D eigenvalue weighted by molar-refractivity contribution is 5.71. The molecule has 0 spiro atoms. The summed E-state index contributed by atoms with van der Waals surface area (Å²) in [7, 11) is 0. The zero-order chi connectivity index (χ0) is 15.1. The van der Waals surface area contributed by atoms with E-state index < -0.39 is 0 Å². The maximum absolute atomic E-state index is 13.8. The SMILES string of the molecule is CCCOc1ccccc1-c1ccc(F)c(CNCC)c1. The molecule has 0 amide bonds. The summed E-state index contributed by atoms with van der Waals surface area (Å²) < 4.78 is 19.6. The minimum Gasteiger partial charge on any atom is -0.493 e.